The topological polar surface area (TPSA) is 29.1 Å². The van der Waals surface area contributed by atoms with Crippen molar-refractivity contribution in [1.82, 2.24) is 5.32 Å². The summed E-state index contributed by atoms with van der Waals surface area (Å²) in [7, 11) is 0. The third-order valence-electron chi connectivity index (χ3n) is 5.71. The summed E-state index contributed by atoms with van der Waals surface area (Å²) in [6, 6.07) is 0.172. The Hall–Kier alpha value is -0.970. The first-order valence-corrected chi connectivity index (χ1v) is 7.89. The van der Waals surface area contributed by atoms with Gasteiger partial charge in [0.25, 0.3) is 0 Å². The van der Waals surface area contributed by atoms with E-state index >= 15 is 0 Å². The number of hydrogen-bond acceptors (Lipinski definition) is 1. The molecule has 0 saturated heterocycles. The molecule has 0 aromatic heterocycles. The summed E-state index contributed by atoms with van der Waals surface area (Å²) in [6.07, 6.45) is 14.5. The van der Waals surface area contributed by atoms with E-state index in [9.17, 15) is 4.79 Å². The van der Waals surface area contributed by atoms with Crippen molar-refractivity contribution in [3.05, 3.63) is 0 Å². The fourth-order valence-corrected chi connectivity index (χ4v) is 5.17. The van der Waals surface area contributed by atoms with Crippen LogP contribution < -0.4 is 5.32 Å². The third kappa shape index (κ3) is 2.29. The van der Waals surface area contributed by atoms with E-state index in [2.05, 4.69) is 18.2 Å². The maximum absolute atomic E-state index is 12.8. The van der Waals surface area contributed by atoms with Gasteiger partial charge in [0.2, 0.25) is 5.91 Å². The van der Waals surface area contributed by atoms with Gasteiger partial charge in [-0.25, -0.2) is 0 Å². The van der Waals surface area contributed by atoms with Crippen molar-refractivity contribution in [2.75, 3.05) is 0 Å². The summed E-state index contributed by atoms with van der Waals surface area (Å²) in [5.41, 5.74) is -0.0310. The number of hydrogen-bond donors (Lipinski definition) is 1. The molecule has 1 unspecified atom stereocenters. The molecule has 1 atom stereocenters. The minimum absolute atomic E-state index is 0.0310. The minimum Gasteiger partial charge on any atom is -0.352 e. The molecular weight excluding hydrogens is 234 g/mol. The second-order valence-electron chi connectivity index (χ2n) is 7.18. The van der Waals surface area contributed by atoms with E-state index in [1.165, 1.54) is 19.3 Å². The van der Waals surface area contributed by atoms with E-state index in [1.54, 1.807) is 0 Å². The lowest BCUT2D eigenvalue weighted by atomic mass is 9.49. The van der Waals surface area contributed by atoms with Crippen molar-refractivity contribution >= 4 is 5.91 Å². The van der Waals surface area contributed by atoms with E-state index in [-0.39, 0.29) is 11.5 Å². The van der Waals surface area contributed by atoms with Crippen molar-refractivity contribution < 1.29 is 4.79 Å². The largest absolute Gasteiger partial charge is 0.352 e. The summed E-state index contributed by atoms with van der Waals surface area (Å²) >= 11 is 0. The molecular formula is C17H25NO. The van der Waals surface area contributed by atoms with Gasteiger partial charge in [0.05, 0.1) is 0 Å². The number of amides is 1. The van der Waals surface area contributed by atoms with Gasteiger partial charge in [-0.1, -0.05) is 6.92 Å². The van der Waals surface area contributed by atoms with Crippen LogP contribution in [-0.2, 0) is 4.79 Å². The van der Waals surface area contributed by atoms with Crippen molar-refractivity contribution in [1.29, 1.82) is 0 Å². The highest BCUT2D eigenvalue weighted by Crippen LogP contribution is 2.60. The van der Waals surface area contributed by atoms with Gasteiger partial charge in [0.1, 0.15) is 0 Å². The molecule has 0 aliphatic heterocycles. The van der Waals surface area contributed by atoms with Gasteiger partial charge in [0, 0.05) is 17.9 Å². The zero-order valence-corrected chi connectivity index (χ0v) is 12.0. The molecule has 4 aliphatic carbocycles. The summed E-state index contributed by atoms with van der Waals surface area (Å²) in [5.74, 6) is 5.47. The third-order valence-corrected chi connectivity index (χ3v) is 5.71. The summed E-state index contributed by atoms with van der Waals surface area (Å²) in [6.45, 7) is 2.10. The molecule has 0 aromatic rings. The van der Waals surface area contributed by atoms with Crippen LogP contribution in [0.2, 0.25) is 0 Å². The highest BCUT2D eigenvalue weighted by molar-refractivity contribution is 5.83. The van der Waals surface area contributed by atoms with E-state index in [0.717, 1.165) is 43.4 Å². The minimum atomic E-state index is -0.0310. The van der Waals surface area contributed by atoms with Crippen LogP contribution in [0.4, 0.5) is 0 Å². The van der Waals surface area contributed by atoms with Crippen LogP contribution in [0, 0.1) is 35.5 Å². The lowest BCUT2D eigenvalue weighted by molar-refractivity contribution is -0.147. The van der Waals surface area contributed by atoms with Gasteiger partial charge < -0.3 is 5.32 Å². The molecule has 2 nitrogen and oxygen atoms in total. The highest BCUT2D eigenvalue weighted by atomic mass is 16.2. The van der Waals surface area contributed by atoms with E-state index < -0.39 is 0 Å². The van der Waals surface area contributed by atoms with Gasteiger partial charge in [-0.05, 0) is 62.7 Å². The molecule has 19 heavy (non-hydrogen) atoms. The van der Waals surface area contributed by atoms with Crippen LogP contribution in [0.5, 0.6) is 0 Å². The quantitative estimate of drug-likeness (QED) is 0.772. The highest BCUT2D eigenvalue weighted by Gasteiger charge is 2.54. The molecule has 0 radical (unpaired) electrons. The Kier molecular flexibility index (Phi) is 3.33. The first-order chi connectivity index (χ1) is 9.15. The van der Waals surface area contributed by atoms with Gasteiger partial charge in [-0.2, -0.15) is 0 Å². The van der Waals surface area contributed by atoms with Crippen molar-refractivity contribution in [3.63, 3.8) is 0 Å². The SMILES string of the molecule is C#CCC(CC)NC(=O)C12CC3CC(CC(C3)C1)C2. The van der Waals surface area contributed by atoms with Gasteiger partial charge in [-0.15, -0.1) is 12.3 Å². The second kappa shape index (κ2) is 4.85. The number of nitrogens with one attached hydrogen (secondary N) is 1. The molecule has 0 spiro atoms. The van der Waals surface area contributed by atoms with Crippen LogP contribution in [-0.4, -0.2) is 11.9 Å². The normalized spacial score (nSPS) is 40.7. The molecule has 4 rings (SSSR count). The molecule has 1 N–H and O–H groups in total. The molecule has 4 bridgehead atoms. The first kappa shape index (κ1) is 13.0. The Bertz CT molecular complexity index is 371. The van der Waals surface area contributed by atoms with Gasteiger partial charge >= 0.3 is 0 Å². The van der Waals surface area contributed by atoms with Crippen LogP contribution in [0.3, 0.4) is 0 Å². The van der Waals surface area contributed by atoms with Crippen molar-refractivity contribution in [3.8, 4) is 12.3 Å². The van der Waals surface area contributed by atoms with E-state index in [1.807, 2.05) is 0 Å². The molecule has 1 amide bonds. The molecule has 4 fully saturated rings. The molecule has 4 aliphatic rings. The maximum atomic E-state index is 12.8. The lowest BCUT2D eigenvalue weighted by Gasteiger charge is -2.55. The molecule has 0 aromatic carbocycles. The molecule has 0 heterocycles. The Morgan fingerprint density at radius 1 is 1.26 bits per heavy atom. The molecule has 104 valence electrons. The van der Waals surface area contributed by atoms with Gasteiger partial charge in [-0.3, -0.25) is 4.79 Å². The Labute approximate surface area is 116 Å². The Balaban J connectivity index is 1.71. The zero-order valence-electron chi connectivity index (χ0n) is 12.0. The fraction of sp³-hybridized carbons (Fsp3) is 0.824. The van der Waals surface area contributed by atoms with Crippen molar-refractivity contribution in [2.24, 2.45) is 23.2 Å². The first-order valence-electron chi connectivity index (χ1n) is 7.89. The molecule has 2 heteroatoms. The fourth-order valence-electron chi connectivity index (χ4n) is 5.17. The average molecular weight is 259 g/mol. The van der Waals surface area contributed by atoms with Crippen LogP contribution in [0.15, 0.2) is 0 Å². The number of terminal acetylenes is 1. The smallest absolute Gasteiger partial charge is 0.226 e. The van der Waals surface area contributed by atoms with Gasteiger partial charge in [0.15, 0.2) is 0 Å². The van der Waals surface area contributed by atoms with Crippen molar-refractivity contribution in [2.45, 2.75) is 64.3 Å². The predicted molar refractivity (Wildman–Crippen MR) is 76.3 cm³/mol. The number of carbonyl (C=O) groups excluding carboxylic acids is 1. The average Bonchev–Trinajstić information content (AvgIpc) is 2.36. The standard InChI is InChI=1S/C17H25NO/c1-3-5-15(4-2)18-16(19)17-9-12-6-13(10-17)8-14(7-12)11-17/h1,12-15H,4-11H2,2H3,(H,18,19). The Morgan fingerprint density at radius 2 is 1.79 bits per heavy atom. The molecule has 4 saturated carbocycles. The van der Waals surface area contributed by atoms with Crippen LogP contribution in [0.1, 0.15) is 58.3 Å². The van der Waals surface area contributed by atoms with Crippen LogP contribution >= 0.6 is 0 Å². The lowest BCUT2D eigenvalue weighted by Crippen LogP contribution is -2.55. The summed E-state index contributed by atoms with van der Waals surface area (Å²) in [5, 5.41) is 3.24. The van der Waals surface area contributed by atoms with Crippen LogP contribution in [0.25, 0.3) is 0 Å². The Morgan fingerprint density at radius 3 is 2.21 bits per heavy atom. The summed E-state index contributed by atoms with van der Waals surface area (Å²) in [4.78, 5) is 12.8. The van der Waals surface area contributed by atoms with E-state index in [0.29, 0.717) is 12.3 Å². The monoisotopic (exact) mass is 259 g/mol. The number of carbonyl (C=O) groups is 1. The zero-order chi connectivity index (χ0) is 13.5. The summed E-state index contributed by atoms with van der Waals surface area (Å²) < 4.78 is 0. The predicted octanol–water partition coefficient (Wildman–Crippen LogP) is 3.12. The number of rotatable bonds is 4. The van der Waals surface area contributed by atoms with E-state index in [4.69, 9.17) is 6.42 Å². The second-order valence-corrected chi connectivity index (χ2v) is 7.18. The maximum Gasteiger partial charge on any atom is 0.226 e.